The highest BCUT2D eigenvalue weighted by molar-refractivity contribution is 5.96. The number of rotatable bonds is 8. The summed E-state index contributed by atoms with van der Waals surface area (Å²) in [4.78, 5) is 23.2. The maximum absolute atomic E-state index is 12.7. The maximum atomic E-state index is 12.7. The van der Waals surface area contributed by atoms with Crippen molar-refractivity contribution in [1.82, 2.24) is 0 Å². The Labute approximate surface area is 162 Å². The number of non-ortho nitro benzene ring substituents is 1. The van der Waals surface area contributed by atoms with Gasteiger partial charge in [-0.25, -0.2) is 0 Å². The average Bonchev–Trinajstić information content (AvgIpc) is 2.74. The van der Waals surface area contributed by atoms with E-state index in [9.17, 15) is 14.9 Å². The van der Waals surface area contributed by atoms with Crippen LogP contribution in [0.5, 0.6) is 5.75 Å². The van der Waals surface area contributed by atoms with Crippen LogP contribution in [0.25, 0.3) is 0 Å². The summed E-state index contributed by atoms with van der Waals surface area (Å²) in [7, 11) is 1.60. The first-order valence-corrected chi connectivity index (χ1v) is 8.80. The molecular weight excluding hydrogens is 356 g/mol. The quantitative estimate of drug-likeness (QED) is 0.339. The van der Waals surface area contributed by atoms with Crippen LogP contribution >= 0.6 is 0 Å². The molecule has 0 heterocycles. The number of nitrogens with zero attached hydrogens (tertiary/aromatic N) is 1. The van der Waals surface area contributed by atoms with Gasteiger partial charge in [0.25, 0.3) is 5.69 Å². The number of nitrogens with one attached hydrogen (secondary N) is 1. The third-order valence-electron chi connectivity index (χ3n) is 4.42. The fourth-order valence-corrected chi connectivity index (χ4v) is 2.90. The summed E-state index contributed by atoms with van der Waals surface area (Å²) in [6.45, 7) is 0. The molecule has 0 saturated carbocycles. The Morgan fingerprint density at radius 3 is 2.21 bits per heavy atom. The van der Waals surface area contributed by atoms with Crippen LogP contribution < -0.4 is 10.1 Å². The predicted molar refractivity (Wildman–Crippen MR) is 108 cm³/mol. The number of ketones is 1. The molecule has 0 radical (unpaired) electrons. The van der Waals surface area contributed by atoms with Crippen LogP contribution in [-0.4, -0.2) is 17.8 Å². The minimum Gasteiger partial charge on any atom is -0.497 e. The molecule has 6 nitrogen and oxygen atoms in total. The van der Waals surface area contributed by atoms with Crippen molar-refractivity contribution in [1.29, 1.82) is 0 Å². The number of hydrogen-bond acceptors (Lipinski definition) is 5. The van der Waals surface area contributed by atoms with Gasteiger partial charge in [0.15, 0.2) is 5.78 Å². The number of carbonyl (C=O) groups excluding carboxylic acids is 1. The highest BCUT2D eigenvalue weighted by Gasteiger charge is 2.18. The van der Waals surface area contributed by atoms with Crippen LogP contribution in [0.15, 0.2) is 78.9 Å². The van der Waals surface area contributed by atoms with Gasteiger partial charge >= 0.3 is 0 Å². The largest absolute Gasteiger partial charge is 0.497 e. The minimum atomic E-state index is -0.440. The summed E-state index contributed by atoms with van der Waals surface area (Å²) in [6.07, 6.45) is 0.216. The summed E-state index contributed by atoms with van der Waals surface area (Å²) < 4.78 is 5.17. The number of nitro benzene ring substituents is 1. The zero-order chi connectivity index (χ0) is 19.9. The number of nitro groups is 1. The van der Waals surface area contributed by atoms with Crippen LogP contribution in [0, 0.1) is 10.1 Å². The zero-order valence-corrected chi connectivity index (χ0v) is 15.4. The molecule has 0 spiro atoms. The molecule has 0 fully saturated rings. The lowest BCUT2D eigenvalue weighted by atomic mass is 9.97. The Morgan fingerprint density at radius 1 is 1.00 bits per heavy atom. The molecule has 0 aliphatic carbocycles. The van der Waals surface area contributed by atoms with E-state index in [1.807, 2.05) is 42.5 Å². The van der Waals surface area contributed by atoms with Crippen LogP contribution in [-0.2, 0) is 0 Å². The molecule has 3 aromatic rings. The van der Waals surface area contributed by atoms with E-state index in [2.05, 4.69) is 5.32 Å². The maximum Gasteiger partial charge on any atom is 0.269 e. The summed E-state index contributed by atoms with van der Waals surface area (Å²) in [5.41, 5.74) is 2.27. The van der Waals surface area contributed by atoms with Gasteiger partial charge < -0.3 is 10.1 Å². The number of anilines is 1. The smallest absolute Gasteiger partial charge is 0.269 e. The van der Waals surface area contributed by atoms with E-state index < -0.39 is 4.92 Å². The summed E-state index contributed by atoms with van der Waals surface area (Å²) >= 11 is 0. The van der Waals surface area contributed by atoms with Gasteiger partial charge in [-0.3, -0.25) is 14.9 Å². The molecule has 0 aromatic heterocycles. The van der Waals surface area contributed by atoms with Gasteiger partial charge in [-0.05, 0) is 29.8 Å². The monoisotopic (exact) mass is 376 g/mol. The van der Waals surface area contributed by atoms with E-state index in [0.29, 0.717) is 5.56 Å². The Balaban J connectivity index is 1.85. The standard InChI is InChI=1S/C22H20N2O4/c1-28-20-13-9-18(10-14-20)23-21(15-22(25)17-5-3-2-4-6-17)16-7-11-19(12-8-16)24(26)27/h2-14,21,23H,15H2,1H3. The summed E-state index contributed by atoms with van der Waals surface area (Å²) in [5, 5.41) is 14.3. The lowest BCUT2D eigenvalue weighted by molar-refractivity contribution is -0.384. The average molecular weight is 376 g/mol. The predicted octanol–water partition coefficient (Wildman–Crippen LogP) is 5.03. The van der Waals surface area contributed by atoms with Gasteiger partial charge in [0.1, 0.15) is 5.75 Å². The number of carbonyl (C=O) groups is 1. The Bertz CT molecular complexity index is 939. The molecular formula is C22H20N2O4. The Kier molecular flexibility index (Phi) is 6.01. The van der Waals surface area contributed by atoms with Crippen molar-refractivity contribution in [3.05, 3.63) is 100 Å². The van der Waals surface area contributed by atoms with Crippen LogP contribution in [0.3, 0.4) is 0 Å². The van der Waals surface area contributed by atoms with Gasteiger partial charge in [-0.1, -0.05) is 42.5 Å². The molecule has 0 bridgehead atoms. The molecule has 0 aliphatic heterocycles. The van der Waals surface area contributed by atoms with Crippen molar-refractivity contribution >= 4 is 17.2 Å². The summed E-state index contributed by atoms with van der Waals surface area (Å²) in [5.74, 6) is 0.725. The lowest BCUT2D eigenvalue weighted by Crippen LogP contribution is -2.16. The first-order chi connectivity index (χ1) is 13.6. The van der Waals surface area contributed by atoms with Crippen molar-refractivity contribution in [2.24, 2.45) is 0 Å². The van der Waals surface area contributed by atoms with Crippen molar-refractivity contribution in [3.63, 3.8) is 0 Å². The van der Waals surface area contributed by atoms with E-state index >= 15 is 0 Å². The fraction of sp³-hybridized carbons (Fsp3) is 0.136. The van der Waals surface area contributed by atoms with Gasteiger partial charge in [0.05, 0.1) is 18.1 Å². The SMILES string of the molecule is COc1ccc(NC(CC(=O)c2ccccc2)c2ccc([N+](=O)[O-])cc2)cc1. The third kappa shape index (κ3) is 4.73. The van der Waals surface area contributed by atoms with E-state index in [1.54, 1.807) is 31.4 Å². The fourth-order valence-electron chi connectivity index (χ4n) is 2.90. The van der Waals surface area contributed by atoms with Crippen molar-refractivity contribution < 1.29 is 14.5 Å². The van der Waals surface area contributed by atoms with Gasteiger partial charge in [-0.2, -0.15) is 0 Å². The molecule has 6 heteroatoms. The number of hydrogen-bond donors (Lipinski definition) is 1. The number of ether oxygens (including phenoxy) is 1. The number of Topliss-reactive ketones (excluding diaryl/α,β-unsaturated/α-hetero) is 1. The Hall–Kier alpha value is -3.67. The van der Waals surface area contributed by atoms with E-state index in [4.69, 9.17) is 4.74 Å². The van der Waals surface area contributed by atoms with Gasteiger partial charge in [-0.15, -0.1) is 0 Å². The second-order valence-corrected chi connectivity index (χ2v) is 6.27. The van der Waals surface area contributed by atoms with Gasteiger partial charge in [0, 0.05) is 29.8 Å². The third-order valence-corrected chi connectivity index (χ3v) is 4.42. The molecule has 142 valence electrons. The van der Waals surface area contributed by atoms with Crippen LogP contribution in [0.2, 0.25) is 0 Å². The molecule has 0 saturated heterocycles. The molecule has 28 heavy (non-hydrogen) atoms. The normalized spacial score (nSPS) is 11.5. The minimum absolute atomic E-state index is 0.00929. The number of methoxy groups -OCH3 is 1. The molecule has 1 atom stereocenters. The molecule has 1 unspecified atom stereocenters. The molecule has 3 rings (SSSR count). The molecule has 3 aromatic carbocycles. The first-order valence-electron chi connectivity index (χ1n) is 8.80. The van der Waals surface area contributed by atoms with E-state index in [-0.39, 0.29) is 23.9 Å². The van der Waals surface area contributed by atoms with Gasteiger partial charge in [0.2, 0.25) is 0 Å². The van der Waals surface area contributed by atoms with E-state index in [1.165, 1.54) is 12.1 Å². The highest BCUT2D eigenvalue weighted by atomic mass is 16.6. The van der Waals surface area contributed by atoms with Crippen molar-refractivity contribution in [2.45, 2.75) is 12.5 Å². The highest BCUT2D eigenvalue weighted by Crippen LogP contribution is 2.27. The Morgan fingerprint density at radius 2 is 1.64 bits per heavy atom. The van der Waals surface area contributed by atoms with Crippen LogP contribution in [0.4, 0.5) is 11.4 Å². The number of benzene rings is 3. The second kappa shape index (κ2) is 8.81. The van der Waals surface area contributed by atoms with Crippen LogP contribution in [0.1, 0.15) is 28.4 Å². The topological polar surface area (TPSA) is 81.5 Å². The van der Waals surface area contributed by atoms with Crippen molar-refractivity contribution in [3.8, 4) is 5.75 Å². The zero-order valence-electron chi connectivity index (χ0n) is 15.4. The molecule has 0 amide bonds. The summed E-state index contributed by atoms with van der Waals surface area (Å²) in [6, 6.07) is 22.4. The van der Waals surface area contributed by atoms with E-state index in [0.717, 1.165) is 17.0 Å². The molecule has 1 N–H and O–H groups in total. The lowest BCUT2D eigenvalue weighted by Gasteiger charge is -2.20. The van der Waals surface area contributed by atoms with Crippen molar-refractivity contribution in [2.75, 3.05) is 12.4 Å². The first kappa shape index (κ1) is 19.1. The second-order valence-electron chi connectivity index (χ2n) is 6.27. The molecule has 0 aliphatic rings.